The Bertz CT molecular complexity index is 448. The van der Waals surface area contributed by atoms with E-state index in [2.05, 4.69) is 5.32 Å². The SMILES string of the molecule is O=C(O)CCCNCc1cc(Cl)cc2c1OCC2. The number of carboxylic acid groups (broad SMARTS) is 1. The van der Waals surface area contributed by atoms with E-state index in [1.807, 2.05) is 12.1 Å². The second-order valence-corrected chi connectivity index (χ2v) is 4.76. The molecule has 1 aliphatic heterocycles. The molecule has 1 aliphatic rings. The highest BCUT2D eigenvalue weighted by molar-refractivity contribution is 6.30. The maximum Gasteiger partial charge on any atom is 0.303 e. The summed E-state index contributed by atoms with van der Waals surface area (Å²) in [5, 5.41) is 12.5. The van der Waals surface area contributed by atoms with Crippen LogP contribution in [0.2, 0.25) is 5.02 Å². The predicted molar refractivity (Wildman–Crippen MR) is 69.2 cm³/mol. The van der Waals surface area contributed by atoms with Gasteiger partial charge in [0, 0.05) is 30.0 Å². The van der Waals surface area contributed by atoms with Gasteiger partial charge in [-0.25, -0.2) is 0 Å². The number of aliphatic carboxylic acids is 1. The summed E-state index contributed by atoms with van der Waals surface area (Å²) >= 11 is 6.05. The molecule has 2 rings (SSSR count). The zero-order valence-corrected chi connectivity index (χ0v) is 10.8. The number of benzene rings is 1. The van der Waals surface area contributed by atoms with Crippen LogP contribution in [0.3, 0.4) is 0 Å². The van der Waals surface area contributed by atoms with Gasteiger partial charge < -0.3 is 15.2 Å². The van der Waals surface area contributed by atoms with Crippen molar-refractivity contribution >= 4 is 17.6 Å². The third kappa shape index (κ3) is 3.37. The monoisotopic (exact) mass is 269 g/mol. The number of halogens is 1. The number of rotatable bonds is 6. The molecule has 4 nitrogen and oxygen atoms in total. The fourth-order valence-corrected chi connectivity index (χ4v) is 2.33. The Morgan fingerprint density at radius 1 is 1.50 bits per heavy atom. The zero-order chi connectivity index (χ0) is 13.0. The minimum atomic E-state index is -0.760. The Hall–Kier alpha value is -1.26. The molecule has 1 aromatic rings. The van der Waals surface area contributed by atoms with Crippen LogP contribution in [-0.4, -0.2) is 24.2 Å². The van der Waals surface area contributed by atoms with Gasteiger partial charge in [0.2, 0.25) is 0 Å². The number of carboxylic acids is 1. The third-order valence-electron chi connectivity index (χ3n) is 2.88. The van der Waals surface area contributed by atoms with Gasteiger partial charge in [-0.15, -0.1) is 0 Å². The summed E-state index contributed by atoms with van der Waals surface area (Å²) in [5.41, 5.74) is 2.20. The third-order valence-corrected chi connectivity index (χ3v) is 3.10. The molecule has 5 heteroatoms. The fourth-order valence-electron chi connectivity index (χ4n) is 2.07. The van der Waals surface area contributed by atoms with Gasteiger partial charge in [-0.3, -0.25) is 4.79 Å². The molecule has 0 aromatic heterocycles. The van der Waals surface area contributed by atoms with E-state index >= 15 is 0 Å². The second kappa shape index (κ2) is 6.07. The summed E-state index contributed by atoms with van der Waals surface area (Å²) in [4.78, 5) is 10.4. The summed E-state index contributed by atoms with van der Waals surface area (Å²) < 4.78 is 5.59. The normalized spacial score (nSPS) is 13.2. The molecule has 0 spiro atoms. The predicted octanol–water partition coefficient (Wildman–Crippen LogP) is 2.23. The lowest BCUT2D eigenvalue weighted by Crippen LogP contribution is -2.16. The fraction of sp³-hybridized carbons (Fsp3) is 0.462. The summed E-state index contributed by atoms with van der Waals surface area (Å²) in [6.45, 7) is 2.04. The number of carbonyl (C=O) groups is 1. The highest BCUT2D eigenvalue weighted by atomic mass is 35.5. The van der Waals surface area contributed by atoms with Crippen molar-refractivity contribution in [3.8, 4) is 5.75 Å². The van der Waals surface area contributed by atoms with E-state index in [-0.39, 0.29) is 6.42 Å². The maximum atomic E-state index is 10.4. The van der Waals surface area contributed by atoms with Gasteiger partial charge in [-0.05, 0) is 30.7 Å². The smallest absolute Gasteiger partial charge is 0.303 e. The van der Waals surface area contributed by atoms with Crippen LogP contribution in [0.25, 0.3) is 0 Å². The molecule has 0 unspecified atom stereocenters. The van der Waals surface area contributed by atoms with Gasteiger partial charge in [0.1, 0.15) is 5.75 Å². The standard InChI is InChI=1S/C13H16ClNO3/c14-11-6-9-3-5-18-13(9)10(7-11)8-15-4-1-2-12(16)17/h6-7,15H,1-5,8H2,(H,16,17). The van der Waals surface area contributed by atoms with Crippen molar-refractivity contribution in [1.82, 2.24) is 5.32 Å². The summed E-state index contributed by atoms with van der Waals surface area (Å²) in [6, 6.07) is 3.84. The first kappa shape index (κ1) is 13.2. The first-order valence-corrected chi connectivity index (χ1v) is 6.41. The van der Waals surface area contributed by atoms with E-state index in [4.69, 9.17) is 21.4 Å². The number of hydrogen-bond donors (Lipinski definition) is 2. The number of ether oxygens (including phenoxy) is 1. The van der Waals surface area contributed by atoms with E-state index in [0.717, 1.165) is 28.3 Å². The molecule has 1 heterocycles. The summed E-state index contributed by atoms with van der Waals surface area (Å²) in [5.74, 6) is 0.175. The van der Waals surface area contributed by atoms with Crippen LogP contribution in [0.15, 0.2) is 12.1 Å². The average molecular weight is 270 g/mol. The van der Waals surface area contributed by atoms with Gasteiger partial charge in [0.25, 0.3) is 0 Å². The molecule has 18 heavy (non-hydrogen) atoms. The molecule has 2 N–H and O–H groups in total. The van der Waals surface area contributed by atoms with Crippen molar-refractivity contribution in [1.29, 1.82) is 0 Å². The second-order valence-electron chi connectivity index (χ2n) is 4.33. The van der Waals surface area contributed by atoms with Crippen molar-refractivity contribution in [2.75, 3.05) is 13.2 Å². The molecular formula is C13H16ClNO3. The van der Waals surface area contributed by atoms with Crippen LogP contribution in [0.1, 0.15) is 24.0 Å². The highest BCUT2D eigenvalue weighted by Gasteiger charge is 2.17. The molecule has 98 valence electrons. The Labute approximate surface area is 111 Å². The van der Waals surface area contributed by atoms with Crippen molar-refractivity contribution in [2.24, 2.45) is 0 Å². The largest absolute Gasteiger partial charge is 0.493 e. The maximum absolute atomic E-state index is 10.4. The van der Waals surface area contributed by atoms with Gasteiger partial charge in [0.15, 0.2) is 0 Å². The Balaban J connectivity index is 1.88. The van der Waals surface area contributed by atoms with Crippen molar-refractivity contribution < 1.29 is 14.6 Å². The van der Waals surface area contributed by atoms with Crippen molar-refractivity contribution in [3.63, 3.8) is 0 Å². The minimum Gasteiger partial charge on any atom is -0.493 e. The van der Waals surface area contributed by atoms with Crippen LogP contribution < -0.4 is 10.1 Å². The molecule has 0 atom stereocenters. The van der Waals surface area contributed by atoms with Crippen LogP contribution >= 0.6 is 11.6 Å². The minimum absolute atomic E-state index is 0.192. The topological polar surface area (TPSA) is 58.6 Å². The Morgan fingerprint density at radius 2 is 2.33 bits per heavy atom. The van der Waals surface area contributed by atoms with E-state index in [1.54, 1.807) is 0 Å². The van der Waals surface area contributed by atoms with E-state index < -0.39 is 5.97 Å². The zero-order valence-electron chi connectivity index (χ0n) is 10.0. The van der Waals surface area contributed by atoms with Gasteiger partial charge in [-0.1, -0.05) is 11.6 Å². The number of nitrogens with one attached hydrogen (secondary N) is 1. The van der Waals surface area contributed by atoms with Crippen LogP contribution in [0.4, 0.5) is 0 Å². The molecule has 0 saturated heterocycles. The lowest BCUT2D eigenvalue weighted by Gasteiger charge is -2.09. The van der Waals surface area contributed by atoms with Crippen LogP contribution in [-0.2, 0) is 17.8 Å². The van der Waals surface area contributed by atoms with Crippen molar-refractivity contribution in [3.05, 3.63) is 28.3 Å². The molecule has 0 aliphatic carbocycles. The van der Waals surface area contributed by atoms with Gasteiger partial charge in [-0.2, -0.15) is 0 Å². The first-order valence-electron chi connectivity index (χ1n) is 6.03. The van der Waals surface area contributed by atoms with E-state index in [1.165, 1.54) is 0 Å². The Kier molecular flexibility index (Phi) is 4.44. The quantitative estimate of drug-likeness (QED) is 0.778. The molecular weight excluding hydrogens is 254 g/mol. The molecule has 1 aromatic carbocycles. The highest BCUT2D eigenvalue weighted by Crippen LogP contribution is 2.32. The van der Waals surface area contributed by atoms with Crippen molar-refractivity contribution in [2.45, 2.75) is 25.8 Å². The van der Waals surface area contributed by atoms with E-state index in [0.29, 0.717) is 26.1 Å². The first-order chi connectivity index (χ1) is 8.66. The number of hydrogen-bond acceptors (Lipinski definition) is 3. The lowest BCUT2D eigenvalue weighted by atomic mass is 10.1. The van der Waals surface area contributed by atoms with Gasteiger partial charge in [0.05, 0.1) is 6.61 Å². The van der Waals surface area contributed by atoms with E-state index in [9.17, 15) is 4.79 Å². The number of fused-ring (bicyclic) bond motifs is 1. The molecule has 0 amide bonds. The van der Waals surface area contributed by atoms with Crippen LogP contribution in [0, 0.1) is 0 Å². The Morgan fingerprint density at radius 3 is 3.11 bits per heavy atom. The van der Waals surface area contributed by atoms with Gasteiger partial charge >= 0.3 is 5.97 Å². The average Bonchev–Trinajstić information content (AvgIpc) is 2.75. The summed E-state index contributed by atoms with van der Waals surface area (Å²) in [7, 11) is 0. The molecule has 0 saturated carbocycles. The molecule has 0 bridgehead atoms. The molecule has 0 fully saturated rings. The molecule has 0 radical (unpaired) electrons. The van der Waals surface area contributed by atoms with Crippen LogP contribution in [0.5, 0.6) is 5.75 Å². The summed E-state index contributed by atoms with van der Waals surface area (Å²) in [6.07, 6.45) is 1.72. The lowest BCUT2D eigenvalue weighted by molar-refractivity contribution is -0.137.